The van der Waals surface area contributed by atoms with Crippen LogP contribution in [0.15, 0.2) is 18.2 Å². The van der Waals surface area contributed by atoms with Gasteiger partial charge in [0, 0.05) is 50.0 Å². The van der Waals surface area contributed by atoms with Gasteiger partial charge >= 0.3 is 6.18 Å². The SMILES string of the molecule is COc1cc(N)ccc1CN1CCN(CC(F)(F)F)CC1. The molecule has 0 atom stereocenters. The van der Waals surface area contributed by atoms with E-state index in [1.165, 1.54) is 4.90 Å². The number of nitrogens with two attached hydrogens (primary N) is 1. The molecule has 0 aromatic heterocycles. The van der Waals surface area contributed by atoms with Crippen LogP contribution >= 0.6 is 0 Å². The number of nitrogen functional groups attached to an aromatic ring is 1. The summed E-state index contributed by atoms with van der Waals surface area (Å²) in [7, 11) is 1.58. The van der Waals surface area contributed by atoms with Gasteiger partial charge in [0.2, 0.25) is 0 Å². The van der Waals surface area contributed by atoms with Crippen molar-refractivity contribution in [2.75, 3.05) is 45.6 Å². The van der Waals surface area contributed by atoms with Gasteiger partial charge in [-0.25, -0.2) is 0 Å². The van der Waals surface area contributed by atoms with Gasteiger partial charge in [0.15, 0.2) is 0 Å². The lowest BCUT2D eigenvalue weighted by Gasteiger charge is -2.35. The quantitative estimate of drug-likeness (QED) is 0.864. The van der Waals surface area contributed by atoms with E-state index in [0.29, 0.717) is 44.2 Å². The minimum atomic E-state index is -4.12. The van der Waals surface area contributed by atoms with E-state index < -0.39 is 12.7 Å². The fourth-order valence-electron chi connectivity index (χ4n) is 2.49. The zero-order valence-electron chi connectivity index (χ0n) is 12.0. The van der Waals surface area contributed by atoms with Crippen LogP contribution in [0, 0.1) is 0 Å². The first-order valence-corrected chi connectivity index (χ1v) is 6.81. The number of ether oxygens (including phenoxy) is 1. The summed E-state index contributed by atoms with van der Waals surface area (Å²) in [4.78, 5) is 3.57. The number of piperazine rings is 1. The largest absolute Gasteiger partial charge is 0.496 e. The molecule has 0 amide bonds. The van der Waals surface area contributed by atoms with Crippen LogP contribution in [-0.2, 0) is 6.54 Å². The van der Waals surface area contributed by atoms with Gasteiger partial charge in [-0.3, -0.25) is 9.80 Å². The molecule has 118 valence electrons. The average Bonchev–Trinajstić information content (AvgIpc) is 2.41. The Morgan fingerprint density at radius 3 is 2.33 bits per heavy atom. The van der Waals surface area contributed by atoms with Crippen molar-refractivity contribution in [3.8, 4) is 5.75 Å². The first-order chi connectivity index (χ1) is 9.87. The second kappa shape index (κ2) is 6.53. The Labute approximate surface area is 122 Å². The van der Waals surface area contributed by atoms with E-state index in [1.54, 1.807) is 19.2 Å². The Morgan fingerprint density at radius 1 is 1.14 bits per heavy atom. The van der Waals surface area contributed by atoms with Crippen LogP contribution in [0.5, 0.6) is 5.75 Å². The third-order valence-electron chi connectivity index (χ3n) is 3.57. The fraction of sp³-hybridized carbons (Fsp3) is 0.571. The molecular formula is C14H20F3N3O. The summed E-state index contributed by atoms with van der Waals surface area (Å²) in [5.74, 6) is 0.715. The smallest absolute Gasteiger partial charge is 0.401 e. The number of methoxy groups -OCH3 is 1. The normalized spacial score (nSPS) is 17.9. The average molecular weight is 303 g/mol. The van der Waals surface area contributed by atoms with Crippen molar-refractivity contribution in [2.45, 2.75) is 12.7 Å². The number of nitrogens with zero attached hydrogens (tertiary/aromatic N) is 2. The van der Waals surface area contributed by atoms with E-state index in [1.807, 2.05) is 6.07 Å². The maximum absolute atomic E-state index is 12.3. The van der Waals surface area contributed by atoms with Crippen LogP contribution in [0.25, 0.3) is 0 Å². The Balaban J connectivity index is 1.89. The van der Waals surface area contributed by atoms with Crippen molar-refractivity contribution >= 4 is 5.69 Å². The molecule has 1 fully saturated rings. The summed E-state index contributed by atoms with van der Waals surface area (Å²) in [5.41, 5.74) is 7.33. The standard InChI is InChI=1S/C14H20F3N3O/c1-21-13-8-12(18)3-2-11(13)9-19-4-6-20(7-5-19)10-14(15,16)17/h2-3,8H,4-7,9-10,18H2,1H3. The lowest BCUT2D eigenvalue weighted by Crippen LogP contribution is -2.48. The number of hydrogen-bond donors (Lipinski definition) is 1. The molecule has 1 aromatic rings. The Bertz CT molecular complexity index is 471. The minimum absolute atomic E-state index is 0.427. The van der Waals surface area contributed by atoms with Crippen LogP contribution in [-0.4, -0.2) is 55.8 Å². The van der Waals surface area contributed by atoms with Gasteiger partial charge < -0.3 is 10.5 Å². The summed E-state index contributed by atoms with van der Waals surface area (Å²) in [5, 5.41) is 0. The Kier molecular flexibility index (Phi) is 4.95. The molecule has 21 heavy (non-hydrogen) atoms. The first-order valence-electron chi connectivity index (χ1n) is 6.81. The van der Waals surface area contributed by atoms with Crippen LogP contribution in [0.3, 0.4) is 0 Å². The molecule has 2 N–H and O–H groups in total. The van der Waals surface area contributed by atoms with Crippen LogP contribution in [0.2, 0.25) is 0 Å². The number of halogens is 3. The molecule has 0 aliphatic carbocycles. The molecule has 1 aliphatic rings. The van der Waals surface area contributed by atoms with Gasteiger partial charge in [-0.15, -0.1) is 0 Å². The maximum atomic E-state index is 12.3. The zero-order chi connectivity index (χ0) is 15.5. The molecule has 1 aliphatic heterocycles. The van der Waals surface area contributed by atoms with Gasteiger partial charge in [0.05, 0.1) is 13.7 Å². The highest BCUT2D eigenvalue weighted by Crippen LogP contribution is 2.24. The molecule has 0 radical (unpaired) electrons. The minimum Gasteiger partial charge on any atom is -0.496 e. The number of hydrogen-bond acceptors (Lipinski definition) is 4. The molecule has 1 aromatic carbocycles. The Morgan fingerprint density at radius 2 is 1.76 bits per heavy atom. The summed E-state index contributed by atoms with van der Waals surface area (Å²) in [6.45, 7) is 1.91. The summed E-state index contributed by atoms with van der Waals surface area (Å²) in [6, 6.07) is 5.46. The van der Waals surface area contributed by atoms with E-state index >= 15 is 0 Å². The van der Waals surface area contributed by atoms with Crippen molar-refractivity contribution in [2.24, 2.45) is 0 Å². The summed E-state index contributed by atoms with van der Waals surface area (Å²) >= 11 is 0. The second-order valence-corrected chi connectivity index (χ2v) is 5.24. The third-order valence-corrected chi connectivity index (χ3v) is 3.57. The molecule has 4 nitrogen and oxygen atoms in total. The van der Waals surface area contributed by atoms with Crippen molar-refractivity contribution in [1.29, 1.82) is 0 Å². The Hall–Kier alpha value is -1.47. The monoisotopic (exact) mass is 303 g/mol. The fourth-order valence-corrected chi connectivity index (χ4v) is 2.49. The van der Waals surface area contributed by atoms with E-state index in [0.717, 1.165) is 5.56 Å². The predicted molar refractivity (Wildman–Crippen MR) is 75.2 cm³/mol. The molecule has 0 saturated carbocycles. The third kappa shape index (κ3) is 4.78. The van der Waals surface area contributed by atoms with Crippen LogP contribution < -0.4 is 10.5 Å². The molecular weight excluding hydrogens is 283 g/mol. The predicted octanol–water partition coefficient (Wildman–Crippen LogP) is 1.96. The molecule has 0 spiro atoms. The zero-order valence-corrected chi connectivity index (χ0v) is 12.0. The highest BCUT2D eigenvalue weighted by atomic mass is 19.4. The van der Waals surface area contributed by atoms with E-state index in [9.17, 15) is 13.2 Å². The maximum Gasteiger partial charge on any atom is 0.401 e. The molecule has 2 rings (SSSR count). The van der Waals surface area contributed by atoms with Gasteiger partial charge in [-0.2, -0.15) is 13.2 Å². The number of anilines is 1. The van der Waals surface area contributed by atoms with Gasteiger partial charge in [0.1, 0.15) is 5.75 Å². The lowest BCUT2D eigenvalue weighted by atomic mass is 10.1. The number of benzene rings is 1. The van der Waals surface area contributed by atoms with E-state index in [-0.39, 0.29) is 0 Å². The summed E-state index contributed by atoms with van der Waals surface area (Å²) < 4.78 is 42.3. The van der Waals surface area contributed by atoms with Crippen molar-refractivity contribution in [1.82, 2.24) is 9.80 Å². The summed E-state index contributed by atoms with van der Waals surface area (Å²) in [6.07, 6.45) is -4.12. The van der Waals surface area contributed by atoms with Crippen molar-refractivity contribution < 1.29 is 17.9 Å². The van der Waals surface area contributed by atoms with Crippen molar-refractivity contribution in [3.63, 3.8) is 0 Å². The number of rotatable bonds is 4. The molecule has 1 saturated heterocycles. The molecule has 1 heterocycles. The van der Waals surface area contributed by atoms with Gasteiger partial charge in [-0.05, 0) is 6.07 Å². The second-order valence-electron chi connectivity index (χ2n) is 5.24. The van der Waals surface area contributed by atoms with Gasteiger partial charge in [-0.1, -0.05) is 6.07 Å². The number of alkyl halides is 3. The molecule has 7 heteroatoms. The van der Waals surface area contributed by atoms with Crippen LogP contribution in [0.4, 0.5) is 18.9 Å². The van der Waals surface area contributed by atoms with Gasteiger partial charge in [0.25, 0.3) is 0 Å². The highest BCUT2D eigenvalue weighted by molar-refractivity contribution is 5.48. The van der Waals surface area contributed by atoms with Crippen LogP contribution in [0.1, 0.15) is 5.56 Å². The van der Waals surface area contributed by atoms with E-state index in [2.05, 4.69) is 4.90 Å². The lowest BCUT2D eigenvalue weighted by molar-refractivity contribution is -0.149. The van der Waals surface area contributed by atoms with Crippen molar-refractivity contribution in [3.05, 3.63) is 23.8 Å². The van der Waals surface area contributed by atoms with E-state index in [4.69, 9.17) is 10.5 Å². The molecule has 0 bridgehead atoms. The molecule has 0 unspecified atom stereocenters. The highest BCUT2D eigenvalue weighted by Gasteiger charge is 2.32. The first kappa shape index (κ1) is 15.9. The topological polar surface area (TPSA) is 41.7 Å².